The van der Waals surface area contributed by atoms with Crippen molar-refractivity contribution in [3.63, 3.8) is 0 Å². The molecule has 2 aliphatic rings. The highest BCUT2D eigenvalue weighted by Crippen LogP contribution is 2.36. The molecule has 1 unspecified atom stereocenters. The summed E-state index contributed by atoms with van der Waals surface area (Å²) in [6.07, 6.45) is 7.40. The minimum atomic E-state index is -0.703. The molecule has 4 aromatic heterocycles. The summed E-state index contributed by atoms with van der Waals surface area (Å²) in [6.45, 7) is 8.76. The molecule has 59 heavy (non-hydrogen) atoms. The van der Waals surface area contributed by atoms with E-state index < -0.39 is 24.3 Å². The molecule has 0 saturated carbocycles. The van der Waals surface area contributed by atoms with Crippen molar-refractivity contribution in [2.45, 2.75) is 77.5 Å². The molecule has 0 radical (unpaired) electrons. The predicted octanol–water partition coefficient (Wildman–Crippen LogP) is 6.51. The number of rotatable bonds is 10. The van der Waals surface area contributed by atoms with Gasteiger partial charge < -0.3 is 39.9 Å². The van der Waals surface area contributed by atoms with E-state index in [4.69, 9.17) is 24.4 Å². The number of H-pyrrole nitrogens is 2. The fraction of sp³-hybridized carbons (Fsp3) is 0.419. The van der Waals surface area contributed by atoms with Crippen LogP contribution in [0.1, 0.15) is 77.1 Å². The van der Waals surface area contributed by atoms with Gasteiger partial charge in [0.15, 0.2) is 0 Å². The maximum atomic E-state index is 13.6. The van der Waals surface area contributed by atoms with E-state index in [0.29, 0.717) is 24.7 Å². The van der Waals surface area contributed by atoms with Crippen molar-refractivity contribution in [2.75, 3.05) is 27.3 Å². The highest BCUT2D eigenvalue weighted by molar-refractivity contribution is 6.02. The highest BCUT2D eigenvalue weighted by atomic mass is 16.5. The maximum absolute atomic E-state index is 13.6. The zero-order chi connectivity index (χ0) is 41.5. The maximum Gasteiger partial charge on any atom is 0.407 e. The van der Waals surface area contributed by atoms with Gasteiger partial charge in [-0.25, -0.2) is 24.5 Å². The van der Waals surface area contributed by atoms with E-state index in [9.17, 15) is 19.2 Å². The molecule has 0 bridgehead atoms. The number of nitrogens with one attached hydrogen (secondary N) is 4. The van der Waals surface area contributed by atoms with Crippen molar-refractivity contribution in [3.8, 4) is 22.5 Å². The number of hydrogen-bond donors (Lipinski definition) is 4. The van der Waals surface area contributed by atoms with Crippen molar-refractivity contribution in [2.24, 2.45) is 11.8 Å². The average Bonchev–Trinajstić information content (AvgIpc) is 4.09. The number of benzene rings is 2. The molecule has 2 saturated heterocycles. The quantitative estimate of drug-likeness (QED) is 0.120. The van der Waals surface area contributed by atoms with Gasteiger partial charge in [-0.05, 0) is 61.8 Å². The molecule has 6 aromatic rings. The van der Waals surface area contributed by atoms with Crippen molar-refractivity contribution >= 4 is 51.3 Å². The second-order valence-corrected chi connectivity index (χ2v) is 16.1. The van der Waals surface area contributed by atoms with E-state index in [-0.39, 0.29) is 35.7 Å². The lowest BCUT2D eigenvalue weighted by Gasteiger charge is -2.30. The van der Waals surface area contributed by atoms with Crippen LogP contribution in [-0.4, -0.2) is 103 Å². The minimum absolute atomic E-state index is 0.116. The first kappa shape index (κ1) is 39.4. The van der Waals surface area contributed by atoms with Gasteiger partial charge in [-0.15, -0.1) is 0 Å². The number of fused-ring (bicyclic) bond motifs is 5. The van der Waals surface area contributed by atoms with Gasteiger partial charge in [0.25, 0.3) is 0 Å². The number of nitrogens with zero attached hydrogens (tertiary/aromatic N) is 6. The van der Waals surface area contributed by atoms with Gasteiger partial charge >= 0.3 is 12.2 Å². The molecule has 16 nitrogen and oxygen atoms in total. The fourth-order valence-electron chi connectivity index (χ4n) is 8.57. The third-order valence-corrected chi connectivity index (χ3v) is 11.7. The zero-order valence-corrected chi connectivity index (χ0v) is 34.1. The summed E-state index contributed by atoms with van der Waals surface area (Å²) in [6, 6.07) is 12.7. The SMILES string of the molecule is COC(=O)N[C@H](C(=O)N1CCCC1c1ncc(-c2ccc3c(c2)ncn2c4ccc(-c5cnc([C@@H]6CCCN6C(=O)[C@@H](NC(=O)OC)C(C)C)[nH]5)cc4cc32)[nH]1)C(C)C. The van der Waals surface area contributed by atoms with Crippen molar-refractivity contribution in [1.29, 1.82) is 0 Å². The molecule has 308 valence electrons. The Balaban J connectivity index is 1.02. The van der Waals surface area contributed by atoms with Crippen LogP contribution in [0.15, 0.2) is 61.2 Å². The van der Waals surface area contributed by atoms with Gasteiger partial charge in [-0.3, -0.25) is 14.0 Å². The Labute approximate surface area is 341 Å². The molecule has 0 aliphatic carbocycles. The second kappa shape index (κ2) is 16.1. The Bertz CT molecular complexity index is 2560. The number of imidazole rings is 2. The number of methoxy groups -OCH3 is 2. The van der Waals surface area contributed by atoms with Crippen molar-refractivity contribution in [3.05, 3.63) is 72.8 Å². The van der Waals surface area contributed by atoms with Crippen molar-refractivity contribution < 1.29 is 28.7 Å². The second-order valence-electron chi connectivity index (χ2n) is 16.1. The van der Waals surface area contributed by atoms with Crippen LogP contribution in [0.5, 0.6) is 0 Å². The number of aromatic nitrogens is 6. The van der Waals surface area contributed by atoms with Crippen LogP contribution in [0.2, 0.25) is 0 Å². The molecule has 2 aliphatic heterocycles. The molecule has 2 fully saturated rings. The summed E-state index contributed by atoms with van der Waals surface area (Å²) < 4.78 is 11.6. The van der Waals surface area contributed by atoms with E-state index in [1.54, 1.807) is 11.1 Å². The first-order valence-electron chi connectivity index (χ1n) is 20.2. The van der Waals surface area contributed by atoms with E-state index in [1.807, 2.05) is 51.2 Å². The third-order valence-electron chi connectivity index (χ3n) is 11.7. The number of hydrogen-bond acceptors (Lipinski definition) is 9. The van der Waals surface area contributed by atoms with Crippen LogP contribution in [0, 0.1) is 11.8 Å². The zero-order valence-electron chi connectivity index (χ0n) is 34.1. The Kier molecular flexibility index (Phi) is 10.7. The molecule has 4 atom stereocenters. The lowest BCUT2D eigenvalue weighted by molar-refractivity contribution is -0.136. The topological polar surface area (TPSA) is 192 Å². The molecule has 0 spiro atoms. The lowest BCUT2D eigenvalue weighted by Crippen LogP contribution is -2.51. The largest absolute Gasteiger partial charge is 0.453 e. The molecule has 6 heterocycles. The molecule has 16 heteroatoms. The van der Waals surface area contributed by atoms with E-state index >= 15 is 0 Å². The van der Waals surface area contributed by atoms with Gasteiger partial charge in [-0.2, -0.15) is 0 Å². The van der Waals surface area contributed by atoms with Crippen LogP contribution in [-0.2, 0) is 19.1 Å². The molecule has 4 amide bonds. The lowest BCUT2D eigenvalue weighted by atomic mass is 10.0. The summed E-state index contributed by atoms with van der Waals surface area (Å²) in [4.78, 5) is 76.1. The summed E-state index contributed by atoms with van der Waals surface area (Å²) in [5.41, 5.74) is 6.42. The summed E-state index contributed by atoms with van der Waals surface area (Å²) in [7, 11) is 2.58. The van der Waals surface area contributed by atoms with Crippen molar-refractivity contribution in [1.82, 2.24) is 49.8 Å². The number of carbonyl (C=O) groups excluding carboxylic acids is 4. The van der Waals surface area contributed by atoms with Gasteiger partial charge in [0, 0.05) is 35.0 Å². The minimum Gasteiger partial charge on any atom is -0.453 e. The summed E-state index contributed by atoms with van der Waals surface area (Å²) in [5, 5.41) is 7.44. The molecular weight excluding hydrogens is 753 g/mol. The first-order chi connectivity index (χ1) is 28.4. The Morgan fingerprint density at radius 1 is 0.695 bits per heavy atom. The van der Waals surface area contributed by atoms with E-state index in [1.165, 1.54) is 14.2 Å². The van der Waals surface area contributed by atoms with Gasteiger partial charge in [0.1, 0.15) is 30.1 Å². The Morgan fingerprint density at radius 2 is 1.22 bits per heavy atom. The highest BCUT2D eigenvalue weighted by Gasteiger charge is 2.39. The summed E-state index contributed by atoms with van der Waals surface area (Å²) in [5.74, 6) is 0.886. The van der Waals surface area contributed by atoms with Gasteiger partial charge in [-0.1, -0.05) is 45.9 Å². The van der Waals surface area contributed by atoms with E-state index in [2.05, 4.69) is 61.4 Å². The van der Waals surface area contributed by atoms with Crippen LogP contribution >= 0.6 is 0 Å². The number of amides is 4. The number of likely N-dealkylation sites (tertiary alicyclic amines) is 2. The molecular formula is C43H50N10O6. The summed E-state index contributed by atoms with van der Waals surface area (Å²) >= 11 is 0. The normalized spacial score (nSPS) is 18.0. The van der Waals surface area contributed by atoms with Gasteiger partial charge in [0.05, 0.1) is 66.6 Å². The van der Waals surface area contributed by atoms with Crippen LogP contribution in [0.4, 0.5) is 9.59 Å². The standard InChI is InChI=1S/C43H50N10O6/c1-23(2)36(49-42(56)58-5)40(54)51-15-7-9-33(51)38-44-20-30(47-38)25-12-14-32-27(17-25)19-35-28-13-11-26(18-29(28)46-22-53(32)35)31-21-45-39(48-31)34-10-8-16-52(34)41(55)37(24(3)4)50-43(57)59-6/h11-14,17-24,33-34,36-37H,7-10,15-16H2,1-6H3,(H,44,47)(H,45,48)(H,49,56)(H,50,57)/t33-,34?,36-,37-/m0/s1. The monoisotopic (exact) mass is 802 g/mol. The molecule has 2 aromatic carbocycles. The molecule has 4 N–H and O–H groups in total. The number of carbonyl (C=O) groups is 4. The van der Waals surface area contributed by atoms with Crippen LogP contribution in [0.3, 0.4) is 0 Å². The van der Waals surface area contributed by atoms with E-state index in [0.717, 1.165) is 75.5 Å². The number of ether oxygens (including phenoxy) is 2. The Hall–Kier alpha value is -6.45. The molecule has 8 rings (SSSR count). The fourth-order valence-corrected chi connectivity index (χ4v) is 8.57. The predicted molar refractivity (Wildman–Crippen MR) is 221 cm³/mol. The van der Waals surface area contributed by atoms with Crippen LogP contribution < -0.4 is 10.6 Å². The third kappa shape index (κ3) is 7.43. The number of alkyl carbamates (subject to hydrolysis) is 2. The Morgan fingerprint density at radius 3 is 1.75 bits per heavy atom. The van der Waals surface area contributed by atoms with Gasteiger partial charge in [0.2, 0.25) is 11.8 Å². The van der Waals surface area contributed by atoms with Crippen LogP contribution in [0.25, 0.3) is 49.8 Å². The first-order valence-corrected chi connectivity index (χ1v) is 20.2. The average molecular weight is 803 g/mol. The smallest absolute Gasteiger partial charge is 0.407 e. The number of aromatic amines is 2.